The standard InChI is InChI=1S/C35H40OS/c1-3-16-30(25-26-37-34-23-14-7-15-24-34)27-29(2)28-36-35(31-17-8-4-9-18-31,32-19-10-5-11-20-32)33-21-12-6-13-22-33/h4-15,17-24,29-30H,3,16,25-28H2,1-2H3/t29-,30-/m1/s1. The van der Waals surface area contributed by atoms with Crippen LogP contribution in [0.3, 0.4) is 0 Å². The molecule has 0 saturated heterocycles. The lowest BCUT2D eigenvalue weighted by Gasteiger charge is -2.37. The van der Waals surface area contributed by atoms with Gasteiger partial charge in [0.25, 0.3) is 0 Å². The first kappa shape index (κ1) is 27.2. The van der Waals surface area contributed by atoms with Crippen molar-refractivity contribution in [1.82, 2.24) is 0 Å². The van der Waals surface area contributed by atoms with E-state index < -0.39 is 5.60 Å². The van der Waals surface area contributed by atoms with E-state index in [1.54, 1.807) is 0 Å². The van der Waals surface area contributed by atoms with Crippen LogP contribution in [0.25, 0.3) is 0 Å². The first-order valence-corrected chi connectivity index (χ1v) is 14.7. The summed E-state index contributed by atoms with van der Waals surface area (Å²) in [4.78, 5) is 1.37. The van der Waals surface area contributed by atoms with Gasteiger partial charge in [0.05, 0.1) is 6.61 Å². The molecule has 2 heteroatoms. The van der Waals surface area contributed by atoms with E-state index in [0.717, 1.165) is 5.92 Å². The highest BCUT2D eigenvalue weighted by atomic mass is 32.2. The number of benzene rings is 4. The van der Waals surface area contributed by atoms with Gasteiger partial charge in [0, 0.05) is 4.90 Å². The normalized spacial score (nSPS) is 13.2. The van der Waals surface area contributed by atoms with Crippen LogP contribution < -0.4 is 0 Å². The minimum absolute atomic E-state index is 0.466. The maximum Gasteiger partial charge on any atom is 0.143 e. The molecule has 4 aromatic carbocycles. The van der Waals surface area contributed by atoms with Crippen LogP contribution in [0.15, 0.2) is 126 Å². The second-order valence-electron chi connectivity index (χ2n) is 10.0. The van der Waals surface area contributed by atoms with E-state index in [1.807, 2.05) is 11.8 Å². The largest absolute Gasteiger partial charge is 0.361 e. The van der Waals surface area contributed by atoms with Crippen LogP contribution in [-0.2, 0) is 10.3 Å². The van der Waals surface area contributed by atoms with E-state index >= 15 is 0 Å². The van der Waals surface area contributed by atoms with E-state index in [4.69, 9.17) is 4.74 Å². The summed E-state index contributed by atoms with van der Waals surface area (Å²) in [5.74, 6) is 2.36. The molecular formula is C35H40OS. The molecule has 2 atom stereocenters. The highest BCUT2D eigenvalue weighted by Gasteiger charge is 2.37. The minimum atomic E-state index is -0.637. The van der Waals surface area contributed by atoms with Crippen LogP contribution >= 0.6 is 11.8 Å². The Balaban J connectivity index is 1.51. The van der Waals surface area contributed by atoms with Crippen LogP contribution in [0.2, 0.25) is 0 Å². The third kappa shape index (κ3) is 7.37. The van der Waals surface area contributed by atoms with E-state index in [9.17, 15) is 0 Å². The summed E-state index contributed by atoms with van der Waals surface area (Å²) in [5, 5.41) is 0. The van der Waals surface area contributed by atoms with Gasteiger partial charge in [-0.15, -0.1) is 11.8 Å². The molecule has 0 radical (unpaired) electrons. The lowest BCUT2D eigenvalue weighted by atomic mass is 9.80. The molecule has 0 aromatic heterocycles. The summed E-state index contributed by atoms with van der Waals surface area (Å²) in [6.07, 6.45) is 4.95. The van der Waals surface area contributed by atoms with Crippen molar-refractivity contribution < 1.29 is 4.74 Å². The fourth-order valence-electron chi connectivity index (χ4n) is 5.32. The first-order chi connectivity index (χ1) is 18.2. The average Bonchev–Trinajstić information content (AvgIpc) is 2.96. The molecule has 0 aliphatic heterocycles. The number of thioether (sulfide) groups is 1. The molecule has 0 unspecified atom stereocenters. The molecule has 0 N–H and O–H groups in total. The van der Waals surface area contributed by atoms with E-state index in [0.29, 0.717) is 12.5 Å². The van der Waals surface area contributed by atoms with Crippen molar-refractivity contribution in [3.63, 3.8) is 0 Å². The fourth-order valence-corrected chi connectivity index (χ4v) is 6.36. The molecule has 4 aromatic rings. The fraction of sp³-hybridized carbons (Fsp3) is 0.314. The summed E-state index contributed by atoms with van der Waals surface area (Å²) in [5.41, 5.74) is 2.87. The summed E-state index contributed by atoms with van der Waals surface area (Å²) >= 11 is 1.98. The van der Waals surface area contributed by atoms with Gasteiger partial charge in [-0.2, -0.15) is 0 Å². The second-order valence-corrected chi connectivity index (χ2v) is 11.2. The third-order valence-electron chi connectivity index (χ3n) is 7.10. The second kappa shape index (κ2) is 14.2. The molecule has 1 nitrogen and oxygen atoms in total. The van der Waals surface area contributed by atoms with E-state index in [-0.39, 0.29) is 0 Å². The average molecular weight is 509 g/mol. The molecule has 37 heavy (non-hydrogen) atoms. The molecule has 0 heterocycles. The van der Waals surface area contributed by atoms with Gasteiger partial charge >= 0.3 is 0 Å². The van der Waals surface area contributed by atoms with Gasteiger partial charge in [0.15, 0.2) is 0 Å². The Hall–Kier alpha value is -2.81. The van der Waals surface area contributed by atoms with Crippen LogP contribution in [0.5, 0.6) is 0 Å². The Morgan fingerprint density at radius 1 is 0.649 bits per heavy atom. The van der Waals surface area contributed by atoms with Crippen molar-refractivity contribution >= 4 is 11.8 Å². The van der Waals surface area contributed by atoms with Gasteiger partial charge in [-0.05, 0) is 59.3 Å². The molecule has 0 spiro atoms. The molecule has 4 rings (SSSR count). The SMILES string of the molecule is CCC[C@H](CCSc1ccccc1)C[C@@H](C)COC(c1ccccc1)(c1ccccc1)c1ccccc1. The topological polar surface area (TPSA) is 9.23 Å². The Bertz CT molecular complexity index is 1050. The monoisotopic (exact) mass is 508 g/mol. The van der Waals surface area contributed by atoms with Crippen molar-refractivity contribution in [2.45, 2.75) is 50.0 Å². The smallest absolute Gasteiger partial charge is 0.143 e. The Labute approximate surface area is 228 Å². The molecule has 0 amide bonds. The zero-order valence-electron chi connectivity index (χ0n) is 22.3. The van der Waals surface area contributed by atoms with Crippen LogP contribution in [-0.4, -0.2) is 12.4 Å². The maximum absolute atomic E-state index is 7.10. The number of hydrogen-bond acceptors (Lipinski definition) is 2. The van der Waals surface area contributed by atoms with Crippen molar-refractivity contribution in [2.75, 3.05) is 12.4 Å². The molecule has 0 aliphatic carbocycles. The maximum atomic E-state index is 7.10. The van der Waals surface area contributed by atoms with Gasteiger partial charge in [-0.3, -0.25) is 0 Å². The van der Waals surface area contributed by atoms with Gasteiger partial charge in [0.1, 0.15) is 5.60 Å². The molecule has 0 aliphatic rings. The molecule has 0 bridgehead atoms. The quantitative estimate of drug-likeness (QED) is 0.124. The highest BCUT2D eigenvalue weighted by Crippen LogP contribution is 2.41. The Morgan fingerprint density at radius 3 is 1.57 bits per heavy atom. The van der Waals surface area contributed by atoms with Crippen molar-refractivity contribution in [3.05, 3.63) is 138 Å². The molecule has 192 valence electrons. The number of ether oxygens (including phenoxy) is 1. The van der Waals surface area contributed by atoms with Crippen LogP contribution in [0.1, 0.15) is 56.2 Å². The van der Waals surface area contributed by atoms with Crippen molar-refractivity contribution in [2.24, 2.45) is 11.8 Å². The van der Waals surface area contributed by atoms with Gasteiger partial charge < -0.3 is 4.74 Å². The van der Waals surface area contributed by atoms with E-state index in [2.05, 4.69) is 135 Å². The van der Waals surface area contributed by atoms with E-state index in [1.165, 1.54) is 53.0 Å². The highest BCUT2D eigenvalue weighted by molar-refractivity contribution is 7.99. The predicted octanol–water partition coefficient (Wildman–Crippen LogP) is 9.62. The van der Waals surface area contributed by atoms with Crippen molar-refractivity contribution in [3.8, 4) is 0 Å². The lowest BCUT2D eigenvalue weighted by molar-refractivity contribution is -0.00936. The molecule has 0 saturated carbocycles. The zero-order valence-corrected chi connectivity index (χ0v) is 23.1. The molecule has 0 fully saturated rings. The van der Waals surface area contributed by atoms with Gasteiger partial charge in [-0.25, -0.2) is 0 Å². The van der Waals surface area contributed by atoms with Crippen molar-refractivity contribution in [1.29, 1.82) is 0 Å². The van der Waals surface area contributed by atoms with Gasteiger partial charge in [-0.1, -0.05) is 136 Å². The van der Waals surface area contributed by atoms with Gasteiger partial charge in [0.2, 0.25) is 0 Å². The summed E-state index contributed by atoms with van der Waals surface area (Å²) in [6, 6.07) is 42.9. The van der Waals surface area contributed by atoms with Crippen LogP contribution in [0, 0.1) is 11.8 Å². The Kier molecular flexibility index (Phi) is 10.5. The summed E-state index contributed by atoms with van der Waals surface area (Å²) < 4.78 is 7.10. The first-order valence-electron chi connectivity index (χ1n) is 13.7. The summed E-state index contributed by atoms with van der Waals surface area (Å²) in [6.45, 7) is 5.38. The molecular weight excluding hydrogens is 468 g/mol. The summed E-state index contributed by atoms with van der Waals surface area (Å²) in [7, 11) is 0. The predicted molar refractivity (Wildman–Crippen MR) is 159 cm³/mol. The number of hydrogen-bond donors (Lipinski definition) is 0. The minimum Gasteiger partial charge on any atom is -0.361 e. The zero-order chi connectivity index (χ0) is 25.8. The third-order valence-corrected chi connectivity index (χ3v) is 8.14. The number of rotatable bonds is 14. The lowest BCUT2D eigenvalue weighted by Crippen LogP contribution is -2.34. The Morgan fingerprint density at radius 2 is 1.11 bits per heavy atom. The van der Waals surface area contributed by atoms with Crippen LogP contribution in [0.4, 0.5) is 0 Å².